The summed E-state index contributed by atoms with van der Waals surface area (Å²) in [7, 11) is 0. The number of anilines is 2. The fraction of sp³-hybridized carbons (Fsp3) is 0.130. The second kappa shape index (κ2) is 8.66. The summed E-state index contributed by atoms with van der Waals surface area (Å²) in [5, 5.41) is 9.59. The number of hydrogen-bond acceptors (Lipinski definition) is 6. The summed E-state index contributed by atoms with van der Waals surface area (Å²) in [6.07, 6.45) is 2.08. The fourth-order valence-corrected chi connectivity index (χ4v) is 2.94. The van der Waals surface area contributed by atoms with Crippen molar-refractivity contribution in [3.8, 4) is 11.4 Å². The molecule has 8 heteroatoms. The zero-order chi connectivity index (χ0) is 21.8. The molecule has 0 fully saturated rings. The molecule has 0 saturated carbocycles. The Balaban J connectivity index is 1.51. The minimum absolute atomic E-state index is 0.193. The van der Waals surface area contributed by atoms with Crippen LogP contribution >= 0.6 is 0 Å². The number of hydrogen-bond donors (Lipinski definition) is 2. The molecule has 0 unspecified atom stereocenters. The van der Waals surface area contributed by atoms with E-state index in [1.54, 1.807) is 48.5 Å². The minimum Gasteiger partial charge on any atom is -0.459 e. The SMILES string of the molecule is CCc1nc(-c2cccc(NC(=O)c3ccc(C)c(NC(=O)c4ccco4)c3)c2)no1. The number of rotatable bonds is 6. The smallest absolute Gasteiger partial charge is 0.291 e. The van der Waals surface area contributed by atoms with Crippen molar-refractivity contribution in [2.45, 2.75) is 20.3 Å². The molecule has 31 heavy (non-hydrogen) atoms. The molecule has 4 aromatic rings. The molecule has 2 aromatic heterocycles. The first-order chi connectivity index (χ1) is 15.0. The van der Waals surface area contributed by atoms with Gasteiger partial charge in [-0.25, -0.2) is 0 Å². The maximum atomic E-state index is 12.8. The van der Waals surface area contributed by atoms with E-state index in [0.717, 1.165) is 11.1 Å². The third-order valence-corrected chi connectivity index (χ3v) is 4.64. The first-order valence-electron chi connectivity index (χ1n) is 9.73. The molecule has 0 bridgehead atoms. The predicted octanol–water partition coefficient (Wildman–Crippen LogP) is 4.71. The maximum Gasteiger partial charge on any atom is 0.291 e. The largest absolute Gasteiger partial charge is 0.459 e. The standard InChI is InChI=1S/C23H20N4O4/c1-3-20-26-21(27-31-20)15-6-4-7-17(12-15)24-22(28)16-10-9-14(2)18(13-16)25-23(29)19-8-5-11-30-19/h4-13H,3H2,1-2H3,(H,24,28)(H,25,29). The van der Waals surface area contributed by atoms with Crippen LogP contribution in [0.3, 0.4) is 0 Å². The van der Waals surface area contributed by atoms with Crippen LogP contribution in [-0.2, 0) is 6.42 Å². The van der Waals surface area contributed by atoms with Gasteiger partial charge in [-0.2, -0.15) is 4.98 Å². The van der Waals surface area contributed by atoms with E-state index in [4.69, 9.17) is 8.94 Å². The van der Waals surface area contributed by atoms with Gasteiger partial charge in [0.2, 0.25) is 11.7 Å². The van der Waals surface area contributed by atoms with Crippen LogP contribution in [-0.4, -0.2) is 22.0 Å². The number of carbonyl (C=O) groups excluding carboxylic acids is 2. The van der Waals surface area contributed by atoms with Crippen molar-refractivity contribution in [1.29, 1.82) is 0 Å². The van der Waals surface area contributed by atoms with Crippen LogP contribution in [0.4, 0.5) is 11.4 Å². The summed E-state index contributed by atoms with van der Waals surface area (Å²) < 4.78 is 10.3. The Morgan fingerprint density at radius 2 is 1.87 bits per heavy atom. The van der Waals surface area contributed by atoms with Gasteiger partial charge in [-0.1, -0.05) is 30.3 Å². The molecular weight excluding hydrogens is 396 g/mol. The van der Waals surface area contributed by atoms with Gasteiger partial charge in [0, 0.05) is 28.9 Å². The van der Waals surface area contributed by atoms with Gasteiger partial charge in [0.1, 0.15) is 0 Å². The van der Waals surface area contributed by atoms with E-state index in [1.807, 2.05) is 19.9 Å². The van der Waals surface area contributed by atoms with Gasteiger partial charge in [-0.05, 0) is 48.9 Å². The number of furan rings is 1. The third-order valence-electron chi connectivity index (χ3n) is 4.64. The van der Waals surface area contributed by atoms with Crippen LogP contribution in [0.1, 0.15) is 39.3 Å². The lowest BCUT2D eigenvalue weighted by atomic mass is 10.1. The van der Waals surface area contributed by atoms with Crippen molar-refractivity contribution in [1.82, 2.24) is 10.1 Å². The molecule has 4 rings (SSSR count). The Morgan fingerprint density at radius 3 is 2.61 bits per heavy atom. The highest BCUT2D eigenvalue weighted by Crippen LogP contribution is 2.22. The summed E-state index contributed by atoms with van der Waals surface area (Å²) in [4.78, 5) is 29.4. The Hall–Kier alpha value is -4.20. The molecule has 0 radical (unpaired) electrons. The number of nitrogens with one attached hydrogen (secondary N) is 2. The summed E-state index contributed by atoms with van der Waals surface area (Å²) in [6.45, 7) is 3.78. The number of amides is 2. The van der Waals surface area contributed by atoms with Crippen molar-refractivity contribution in [3.63, 3.8) is 0 Å². The van der Waals surface area contributed by atoms with Gasteiger partial charge in [0.05, 0.1) is 6.26 Å². The van der Waals surface area contributed by atoms with Crippen molar-refractivity contribution in [2.24, 2.45) is 0 Å². The molecule has 2 amide bonds. The molecule has 2 aromatic carbocycles. The lowest BCUT2D eigenvalue weighted by Gasteiger charge is -2.11. The number of benzene rings is 2. The molecule has 0 spiro atoms. The first-order valence-corrected chi connectivity index (χ1v) is 9.73. The Bertz CT molecular complexity index is 1230. The van der Waals surface area contributed by atoms with E-state index in [2.05, 4.69) is 20.8 Å². The molecular formula is C23H20N4O4. The monoisotopic (exact) mass is 416 g/mol. The molecule has 0 saturated heterocycles. The van der Waals surface area contributed by atoms with Gasteiger partial charge < -0.3 is 19.6 Å². The van der Waals surface area contributed by atoms with E-state index < -0.39 is 0 Å². The summed E-state index contributed by atoms with van der Waals surface area (Å²) in [5.74, 6) is 0.510. The third kappa shape index (κ3) is 4.53. The van der Waals surface area contributed by atoms with Gasteiger partial charge in [0.25, 0.3) is 11.8 Å². The molecule has 0 aliphatic heterocycles. The number of nitrogens with zero attached hydrogens (tertiary/aromatic N) is 2. The molecule has 8 nitrogen and oxygen atoms in total. The van der Waals surface area contributed by atoms with Gasteiger partial charge in [-0.15, -0.1) is 0 Å². The maximum absolute atomic E-state index is 12.8. The Kier molecular flexibility index (Phi) is 5.61. The van der Waals surface area contributed by atoms with E-state index in [9.17, 15) is 9.59 Å². The van der Waals surface area contributed by atoms with Gasteiger partial charge in [-0.3, -0.25) is 9.59 Å². The lowest BCUT2D eigenvalue weighted by Crippen LogP contribution is -2.15. The highest BCUT2D eigenvalue weighted by atomic mass is 16.5. The second-order valence-corrected chi connectivity index (χ2v) is 6.86. The molecule has 0 aliphatic carbocycles. The molecule has 156 valence electrons. The Morgan fingerprint density at radius 1 is 1.00 bits per heavy atom. The quantitative estimate of drug-likeness (QED) is 0.471. The van der Waals surface area contributed by atoms with Crippen LogP contribution in [0, 0.1) is 6.92 Å². The van der Waals surface area contributed by atoms with Crippen LogP contribution < -0.4 is 10.6 Å². The van der Waals surface area contributed by atoms with Crippen LogP contribution in [0.5, 0.6) is 0 Å². The van der Waals surface area contributed by atoms with E-state index in [0.29, 0.717) is 35.1 Å². The van der Waals surface area contributed by atoms with Crippen LogP contribution in [0.2, 0.25) is 0 Å². The van der Waals surface area contributed by atoms with Crippen molar-refractivity contribution in [2.75, 3.05) is 10.6 Å². The number of aromatic nitrogens is 2. The average molecular weight is 416 g/mol. The topological polar surface area (TPSA) is 110 Å². The van der Waals surface area contributed by atoms with Gasteiger partial charge >= 0.3 is 0 Å². The van der Waals surface area contributed by atoms with E-state index in [-0.39, 0.29) is 17.6 Å². The van der Waals surface area contributed by atoms with Crippen LogP contribution in [0.15, 0.2) is 69.8 Å². The number of carbonyl (C=O) groups is 2. The highest BCUT2D eigenvalue weighted by molar-refractivity contribution is 6.07. The zero-order valence-electron chi connectivity index (χ0n) is 17.0. The number of aryl methyl sites for hydroxylation is 2. The van der Waals surface area contributed by atoms with Crippen molar-refractivity contribution >= 4 is 23.2 Å². The minimum atomic E-state index is -0.384. The predicted molar refractivity (Wildman–Crippen MR) is 115 cm³/mol. The second-order valence-electron chi connectivity index (χ2n) is 6.86. The fourth-order valence-electron chi connectivity index (χ4n) is 2.94. The molecule has 0 atom stereocenters. The van der Waals surface area contributed by atoms with E-state index >= 15 is 0 Å². The van der Waals surface area contributed by atoms with Gasteiger partial charge in [0.15, 0.2) is 5.76 Å². The summed E-state index contributed by atoms with van der Waals surface area (Å²) in [5.41, 5.74) is 3.08. The summed E-state index contributed by atoms with van der Waals surface area (Å²) >= 11 is 0. The highest BCUT2D eigenvalue weighted by Gasteiger charge is 2.14. The molecule has 2 N–H and O–H groups in total. The first kappa shape index (κ1) is 20.1. The zero-order valence-corrected chi connectivity index (χ0v) is 17.0. The van der Waals surface area contributed by atoms with Crippen molar-refractivity contribution < 1.29 is 18.5 Å². The van der Waals surface area contributed by atoms with Crippen LogP contribution in [0.25, 0.3) is 11.4 Å². The van der Waals surface area contributed by atoms with Crippen molar-refractivity contribution in [3.05, 3.63) is 83.6 Å². The molecule has 2 heterocycles. The Labute approximate surface area is 178 Å². The lowest BCUT2D eigenvalue weighted by molar-refractivity contribution is 0.0993. The van der Waals surface area contributed by atoms with E-state index in [1.165, 1.54) is 6.26 Å². The molecule has 0 aliphatic rings. The normalized spacial score (nSPS) is 10.6. The average Bonchev–Trinajstić information content (AvgIpc) is 3.47. The summed E-state index contributed by atoms with van der Waals surface area (Å²) in [6, 6.07) is 15.5.